The predicted octanol–water partition coefficient (Wildman–Crippen LogP) is -0.117. The molecule has 2 fully saturated rings. The highest BCUT2D eigenvalue weighted by Gasteiger charge is 2.36. The van der Waals surface area contributed by atoms with Crippen LogP contribution in [0.4, 0.5) is 0 Å². The van der Waals surface area contributed by atoms with Crippen molar-refractivity contribution in [3.63, 3.8) is 0 Å². The minimum atomic E-state index is -0.288. The van der Waals surface area contributed by atoms with Gasteiger partial charge in [0.05, 0.1) is 12.7 Å². The summed E-state index contributed by atoms with van der Waals surface area (Å²) in [7, 11) is 0. The summed E-state index contributed by atoms with van der Waals surface area (Å²) in [6.07, 6.45) is 1.33. The van der Waals surface area contributed by atoms with Gasteiger partial charge in [-0.05, 0) is 6.42 Å². The van der Waals surface area contributed by atoms with Gasteiger partial charge in [0.25, 0.3) is 0 Å². The monoisotopic (exact) mass is 130 g/mol. The Morgan fingerprint density at radius 3 is 3.00 bits per heavy atom. The molecule has 0 radical (unpaired) electrons. The van der Waals surface area contributed by atoms with Crippen molar-refractivity contribution in [3.05, 3.63) is 0 Å². The van der Waals surface area contributed by atoms with Crippen molar-refractivity contribution in [2.24, 2.45) is 0 Å². The predicted molar refractivity (Wildman–Crippen MR) is 29.9 cm³/mol. The van der Waals surface area contributed by atoms with Crippen molar-refractivity contribution >= 4 is 0 Å². The minimum absolute atomic E-state index is 0.0154. The van der Waals surface area contributed by atoms with Crippen molar-refractivity contribution in [2.75, 3.05) is 6.61 Å². The molecule has 3 atom stereocenters. The molecular weight excluding hydrogens is 120 g/mol. The van der Waals surface area contributed by atoms with E-state index in [1.807, 2.05) is 0 Å². The van der Waals surface area contributed by atoms with Crippen LogP contribution >= 0.6 is 0 Å². The Labute approximate surface area is 53.6 Å². The van der Waals surface area contributed by atoms with Gasteiger partial charge in [0.2, 0.25) is 0 Å². The fraction of sp³-hybridized carbons (Fsp3) is 1.00. The normalized spacial score (nSPS) is 49.7. The number of rotatable bonds is 0. The van der Waals surface area contributed by atoms with Gasteiger partial charge in [-0.1, -0.05) is 0 Å². The SMILES string of the molecule is OC1CC[C@H]2OCC1O2. The average Bonchev–Trinajstić information content (AvgIpc) is 2.25. The molecule has 0 aliphatic carbocycles. The molecule has 3 heteroatoms. The van der Waals surface area contributed by atoms with Crippen molar-refractivity contribution in [2.45, 2.75) is 31.3 Å². The molecule has 2 rings (SSSR count). The number of aliphatic hydroxyl groups is 1. The van der Waals surface area contributed by atoms with Crippen molar-refractivity contribution in [3.8, 4) is 0 Å². The summed E-state index contributed by atoms with van der Waals surface area (Å²) in [5.74, 6) is 0. The lowest BCUT2D eigenvalue weighted by atomic mass is 10.1. The molecule has 1 N–H and O–H groups in total. The second-order valence-electron chi connectivity index (χ2n) is 2.58. The molecule has 2 aliphatic heterocycles. The van der Waals surface area contributed by atoms with Crippen LogP contribution in [0.25, 0.3) is 0 Å². The quantitative estimate of drug-likeness (QED) is 0.497. The number of aliphatic hydroxyl groups excluding tert-OH is 1. The van der Waals surface area contributed by atoms with Crippen LogP contribution in [-0.2, 0) is 9.47 Å². The fourth-order valence-electron chi connectivity index (χ4n) is 1.32. The summed E-state index contributed by atoms with van der Waals surface area (Å²) in [5, 5.41) is 9.19. The van der Waals surface area contributed by atoms with Crippen LogP contribution in [0.15, 0.2) is 0 Å². The average molecular weight is 130 g/mol. The third kappa shape index (κ3) is 0.852. The summed E-state index contributed by atoms with van der Waals surface area (Å²) >= 11 is 0. The smallest absolute Gasteiger partial charge is 0.158 e. The molecule has 0 amide bonds. The Bertz CT molecular complexity index is 115. The highest BCUT2D eigenvalue weighted by atomic mass is 16.7. The van der Waals surface area contributed by atoms with Gasteiger partial charge in [-0.15, -0.1) is 0 Å². The standard InChI is InChI=1S/C6H10O3/c7-4-1-2-6-8-3-5(4)9-6/h4-7H,1-3H2/t4?,5?,6-/m0/s1. The highest BCUT2D eigenvalue weighted by Crippen LogP contribution is 2.26. The maximum Gasteiger partial charge on any atom is 0.158 e. The van der Waals surface area contributed by atoms with E-state index in [1.54, 1.807) is 0 Å². The lowest BCUT2D eigenvalue weighted by Crippen LogP contribution is -2.32. The van der Waals surface area contributed by atoms with E-state index in [0.717, 1.165) is 12.8 Å². The fourth-order valence-corrected chi connectivity index (χ4v) is 1.32. The van der Waals surface area contributed by atoms with Crippen molar-refractivity contribution in [1.82, 2.24) is 0 Å². The van der Waals surface area contributed by atoms with Crippen LogP contribution in [0.3, 0.4) is 0 Å². The van der Waals surface area contributed by atoms with Gasteiger partial charge >= 0.3 is 0 Å². The van der Waals surface area contributed by atoms with E-state index >= 15 is 0 Å². The molecule has 0 saturated carbocycles. The van der Waals surface area contributed by atoms with Crippen molar-refractivity contribution < 1.29 is 14.6 Å². The van der Waals surface area contributed by atoms with Gasteiger partial charge in [0, 0.05) is 6.42 Å². The Hall–Kier alpha value is -0.120. The molecule has 9 heavy (non-hydrogen) atoms. The molecule has 2 aliphatic rings. The number of fused-ring (bicyclic) bond motifs is 2. The van der Waals surface area contributed by atoms with E-state index in [-0.39, 0.29) is 18.5 Å². The second-order valence-corrected chi connectivity index (χ2v) is 2.58. The van der Waals surface area contributed by atoms with Crippen LogP contribution < -0.4 is 0 Å². The van der Waals surface area contributed by atoms with Gasteiger partial charge in [-0.3, -0.25) is 0 Å². The van der Waals surface area contributed by atoms with E-state index in [4.69, 9.17) is 9.47 Å². The molecule has 0 spiro atoms. The zero-order valence-corrected chi connectivity index (χ0v) is 5.12. The first-order chi connectivity index (χ1) is 4.36. The number of hydrogen-bond acceptors (Lipinski definition) is 3. The zero-order chi connectivity index (χ0) is 6.27. The molecule has 3 nitrogen and oxygen atoms in total. The van der Waals surface area contributed by atoms with E-state index in [2.05, 4.69) is 0 Å². The Morgan fingerprint density at radius 2 is 2.22 bits per heavy atom. The molecule has 2 bridgehead atoms. The molecule has 52 valence electrons. The van der Waals surface area contributed by atoms with Crippen LogP contribution in [0.1, 0.15) is 12.8 Å². The Balaban J connectivity index is 2.05. The first-order valence-electron chi connectivity index (χ1n) is 3.31. The Morgan fingerprint density at radius 1 is 1.33 bits per heavy atom. The van der Waals surface area contributed by atoms with Crippen LogP contribution in [0.5, 0.6) is 0 Å². The summed E-state index contributed by atoms with van der Waals surface area (Å²) in [5.41, 5.74) is 0. The summed E-state index contributed by atoms with van der Waals surface area (Å²) in [4.78, 5) is 0. The van der Waals surface area contributed by atoms with E-state index < -0.39 is 0 Å². The second kappa shape index (κ2) is 1.94. The van der Waals surface area contributed by atoms with Gasteiger partial charge in [-0.25, -0.2) is 0 Å². The summed E-state index contributed by atoms with van der Waals surface area (Å²) in [6, 6.07) is 0. The molecule has 2 saturated heterocycles. The third-order valence-corrected chi connectivity index (χ3v) is 1.90. The van der Waals surface area contributed by atoms with Gasteiger partial charge in [0.1, 0.15) is 6.10 Å². The maximum absolute atomic E-state index is 9.19. The first-order valence-corrected chi connectivity index (χ1v) is 3.31. The van der Waals surface area contributed by atoms with Gasteiger partial charge in [-0.2, -0.15) is 0 Å². The number of hydrogen-bond donors (Lipinski definition) is 1. The molecule has 2 unspecified atom stereocenters. The number of ether oxygens (including phenoxy) is 2. The first kappa shape index (κ1) is 5.65. The minimum Gasteiger partial charge on any atom is -0.390 e. The highest BCUT2D eigenvalue weighted by molar-refractivity contribution is 4.79. The molecule has 2 heterocycles. The van der Waals surface area contributed by atoms with Crippen LogP contribution in [0, 0.1) is 0 Å². The van der Waals surface area contributed by atoms with E-state index in [9.17, 15) is 5.11 Å². The summed E-state index contributed by atoms with van der Waals surface area (Å²) < 4.78 is 10.4. The zero-order valence-electron chi connectivity index (χ0n) is 5.12. The lowest BCUT2D eigenvalue weighted by molar-refractivity contribution is -0.119. The molecule has 0 aromatic heterocycles. The van der Waals surface area contributed by atoms with E-state index in [0.29, 0.717) is 6.61 Å². The largest absolute Gasteiger partial charge is 0.390 e. The van der Waals surface area contributed by atoms with Gasteiger partial charge < -0.3 is 14.6 Å². The topological polar surface area (TPSA) is 38.7 Å². The molecule has 0 aromatic carbocycles. The van der Waals surface area contributed by atoms with Crippen molar-refractivity contribution in [1.29, 1.82) is 0 Å². The summed E-state index contributed by atoms with van der Waals surface area (Å²) in [6.45, 7) is 0.575. The van der Waals surface area contributed by atoms with E-state index in [1.165, 1.54) is 0 Å². The van der Waals surface area contributed by atoms with Crippen LogP contribution in [0.2, 0.25) is 0 Å². The maximum atomic E-state index is 9.19. The van der Waals surface area contributed by atoms with Crippen LogP contribution in [-0.4, -0.2) is 30.2 Å². The molecular formula is C6H10O3. The lowest BCUT2D eigenvalue weighted by Gasteiger charge is -2.22. The van der Waals surface area contributed by atoms with Gasteiger partial charge in [0.15, 0.2) is 6.29 Å². The third-order valence-electron chi connectivity index (χ3n) is 1.90. The Kier molecular flexibility index (Phi) is 1.22. The molecule has 0 aromatic rings.